The lowest BCUT2D eigenvalue weighted by atomic mass is 10.1. The molecular weight excluding hydrogens is 254 g/mol. The Hall–Kier alpha value is -1.92. The maximum absolute atomic E-state index is 11.2. The maximum Gasteiger partial charge on any atom is 0.294 e. The van der Waals surface area contributed by atoms with Crippen molar-refractivity contribution in [2.45, 2.75) is 10.9 Å². The number of carbonyl (C=O) groups is 1. The lowest BCUT2D eigenvalue weighted by molar-refractivity contribution is -0.116. The first-order valence-electron chi connectivity index (χ1n) is 5.02. The van der Waals surface area contributed by atoms with Crippen molar-refractivity contribution in [3.05, 3.63) is 55.1 Å². The first-order valence-corrected chi connectivity index (χ1v) is 6.46. The van der Waals surface area contributed by atoms with Gasteiger partial charge in [0.2, 0.25) is 5.91 Å². The van der Waals surface area contributed by atoms with Crippen molar-refractivity contribution in [3.8, 4) is 0 Å². The molecule has 0 heterocycles. The summed E-state index contributed by atoms with van der Waals surface area (Å²) in [5, 5.41) is 2.49. The highest BCUT2D eigenvalue weighted by Gasteiger charge is 2.20. The minimum Gasteiger partial charge on any atom is -0.342 e. The Morgan fingerprint density at radius 3 is 2.44 bits per heavy atom. The van der Waals surface area contributed by atoms with E-state index in [2.05, 4.69) is 18.5 Å². The van der Waals surface area contributed by atoms with E-state index in [4.69, 9.17) is 4.55 Å². The van der Waals surface area contributed by atoms with Crippen LogP contribution >= 0.6 is 0 Å². The molecule has 1 rings (SSSR count). The highest BCUT2D eigenvalue weighted by Crippen LogP contribution is 2.22. The van der Waals surface area contributed by atoms with Crippen LogP contribution in [0, 0.1) is 0 Å². The quantitative estimate of drug-likeness (QED) is 0.480. The minimum absolute atomic E-state index is 0.241. The molecule has 0 aliphatic rings. The number of hydrogen-bond donors (Lipinski definition) is 2. The van der Waals surface area contributed by atoms with Gasteiger partial charge in [0.15, 0.2) is 0 Å². The molecule has 0 saturated carbocycles. The van der Waals surface area contributed by atoms with Crippen molar-refractivity contribution in [1.82, 2.24) is 5.32 Å². The van der Waals surface area contributed by atoms with Crippen LogP contribution in [-0.2, 0) is 14.9 Å². The average Bonchev–Trinajstić information content (AvgIpc) is 2.34. The van der Waals surface area contributed by atoms with Gasteiger partial charge in [0, 0.05) is 0 Å². The molecule has 0 spiro atoms. The normalized spacial score (nSPS) is 12.5. The smallest absolute Gasteiger partial charge is 0.294 e. The Morgan fingerprint density at radius 2 is 1.94 bits per heavy atom. The zero-order valence-electron chi connectivity index (χ0n) is 9.54. The molecule has 1 unspecified atom stereocenters. The van der Waals surface area contributed by atoms with Gasteiger partial charge in [-0.15, -0.1) is 6.58 Å². The number of hydrogen-bond acceptors (Lipinski definition) is 3. The van der Waals surface area contributed by atoms with Crippen molar-refractivity contribution in [2.24, 2.45) is 0 Å². The minimum atomic E-state index is -4.36. The standard InChI is InChI=1S/C12H13NO4S/c1-3-10(13-12(14)4-2)9-7-5-6-8-11(9)18(15,16)17/h3-8,10H,1-2H2,(H,13,14)(H,15,16,17). The van der Waals surface area contributed by atoms with Gasteiger partial charge < -0.3 is 5.32 Å². The zero-order chi connectivity index (χ0) is 13.8. The molecule has 1 aromatic rings. The summed E-state index contributed by atoms with van der Waals surface area (Å²) in [4.78, 5) is 11.0. The molecule has 6 heteroatoms. The van der Waals surface area contributed by atoms with E-state index >= 15 is 0 Å². The Kier molecular flexibility index (Phi) is 4.41. The van der Waals surface area contributed by atoms with Crippen LogP contribution in [-0.4, -0.2) is 18.9 Å². The predicted octanol–water partition coefficient (Wildman–Crippen LogP) is 1.46. The topological polar surface area (TPSA) is 83.5 Å². The van der Waals surface area contributed by atoms with Gasteiger partial charge in [-0.1, -0.05) is 30.9 Å². The fourth-order valence-corrected chi connectivity index (χ4v) is 2.19. The number of rotatable bonds is 5. The van der Waals surface area contributed by atoms with Gasteiger partial charge in [-0.3, -0.25) is 9.35 Å². The molecule has 5 nitrogen and oxygen atoms in total. The Balaban J connectivity index is 3.26. The monoisotopic (exact) mass is 267 g/mol. The van der Waals surface area contributed by atoms with Crippen LogP contribution in [0.3, 0.4) is 0 Å². The SMILES string of the molecule is C=CC(=O)NC(C=C)c1ccccc1S(=O)(=O)O. The van der Waals surface area contributed by atoms with E-state index in [1.165, 1.54) is 24.3 Å². The second kappa shape index (κ2) is 5.61. The van der Waals surface area contributed by atoms with Crippen LogP contribution < -0.4 is 5.32 Å². The van der Waals surface area contributed by atoms with E-state index in [9.17, 15) is 13.2 Å². The molecule has 0 aromatic heterocycles. The summed E-state index contributed by atoms with van der Waals surface area (Å²) in [6.07, 6.45) is 2.43. The molecule has 2 N–H and O–H groups in total. The van der Waals surface area contributed by atoms with E-state index in [-0.39, 0.29) is 10.5 Å². The molecule has 96 valence electrons. The summed E-state index contributed by atoms with van der Waals surface area (Å²) < 4.78 is 31.5. The van der Waals surface area contributed by atoms with Crippen LogP contribution in [0.15, 0.2) is 54.5 Å². The van der Waals surface area contributed by atoms with Crippen LogP contribution in [0.5, 0.6) is 0 Å². The van der Waals surface area contributed by atoms with Gasteiger partial charge in [-0.2, -0.15) is 8.42 Å². The van der Waals surface area contributed by atoms with E-state index in [0.717, 1.165) is 6.08 Å². The van der Waals surface area contributed by atoms with E-state index in [0.29, 0.717) is 0 Å². The fraction of sp³-hybridized carbons (Fsp3) is 0.0833. The van der Waals surface area contributed by atoms with Crippen molar-refractivity contribution >= 4 is 16.0 Å². The molecule has 0 aliphatic heterocycles. The third kappa shape index (κ3) is 3.28. The molecular formula is C12H13NO4S. The molecule has 1 aromatic carbocycles. The van der Waals surface area contributed by atoms with Crippen molar-refractivity contribution in [2.75, 3.05) is 0 Å². The molecule has 18 heavy (non-hydrogen) atoms. The lowest BCUT2D eigenvalue weighted by Crippen LogP contribution is -2.26. The predicted molar refractivity (Wildman–Crippen MR) is 67.5 cm³/mol. The van der Waals surface area contributed by atoms with Gasteiger partial charge in [0.25, 0.3) is 10.1 Å². The Bertz CT molecular complexity index is 577. The molecule has 0 saturated heterocycles. The molecule has 0 radical (unpaired) electrons. The maximum atomic E-state index is 11.2. The van der Waals surface area contributed by atoms with Crippen LogP contribution in [0.25, 0.3) is 0 Å². The van der Waals surface area contributed by atoms with E-state index in [1.807, 2.05) is 0 Å². The van der Waals surface area contributed by atoms with E-state index in [1.54, 1.807) is 6.07 Å². The summed E-state index contributed by atoms with van der Waals surface area (Å²) in [5.41, 5.74) is 0.241. The van der Waals surface area contributed by atoms with Crippen molar-refractivity contribution in [3.63, 3.8) is 0 Å². The van der Waals surface area contributed by atoms with Gasteiger partial charge in [-0.25, -0.2) is 0 Å². The summed E-state index contributed by atoms with van der Waals surface area (Å²) in [7, 11) is -4.36. The fourth-order valence-electron chi connectivity index (χ4n) is 1.45. The van der Waals surface area contributed by atoms with Crippen molar-refractivity contribution < 1.29 is 17.8 Å². The van der Waals surface area contributed by atoms with Gasteiger partial charge in [-0.05, 0) is 17.7 Å². The summed E-state index contributed by atoms with van der Waals surface area (Å²) in [6, 6.07) is 5.08. The van der Waals surface area contributed by atoms with Gasteiger partial charge >= 0.3 is 0 Å². The third-order valence-corrected chi connectivity index (χ3v) is 3.18. The number of amides is 1. The molecule has 0 fully saturated rings. The third-order valence-electron chi connectivity index (χ3n) is 2.25. The largest absolute Gasteiger partial charge is 0.342 e. The first-order chi connectivity index (χ1) is 8.40. The van der Waals surface area contributed by atoms with Gasteiger partial charge in [0.05, 0.1) is 10.9 Å². The van der Waals surface area contributed by atoms with Crippen LogP contribution in [0.4, 0.5) is 0 Å². The van der Waals surface area contributed by atoms with Crippen LogP contribution in [0.1, 0.15) is 11.6 Å². The second-order valence-corrected chi connectivity index (χ2v) is 4.83. The molecule has 0 bridgehead atoms. The average molecular weight is 267 g/mol. The molecule has 0 aliphatic carbocycles. The molecule has 1 atom stereocenters. The number of benzene rings is 1. The summed E-state index contributed by atoms with van der Waals surface area (Å²) >= 11 is 0. The summed E-state index contributed by atoms with van der Waals surface area (Å²) in [5.74, 6) is -0.468. The van der Waals surface area contributed by atoms with E-state index < -0.39 is 22.1 Å². The zero-order valence-corrected chi connectivity index (χ0v) is 10.4. The number of carbonyl (C=O) groups excluding carboxylic acids is 1. The Morgan fingerprint density at radius 1 is 1.33 bits per heavy atom. The highest BCUT2D eigenvalue weighted by atomic mass is 32.2. The highest BCUT2D eigenvalue weighted by molar-refractivity contribution is 7.85. The van der Waals surface area contributed by atoms with Crippen LogP contribution in [0.2, 0.25) is 0 Å². The van der Waals surface area contributed by atoms with Gasteiger partial charge in [0.1, 0.15) is 0 Å². The summed E-state index contributed by atoms with van der Waals surface area (Å²) in [6.45, 7) is 6.82. The molecule has 1 amide bonds. The second-order valence-electron chi connectivity index (χ2n) is 3.44. The first kappa shape index (κ1) is 14.1. The number of nitrogens with one attached hydrogen (secondary N) is 1. The Labute approximate surface area is 106 Å². The van der Waals surface area contributed by atoms with Crippen molar-refractivity contribution in [1.29, 1.82) is 0 Å². The lowest BCUT2D eigenvalue weighted by Gasteiger charge is -2.16.